The highest BCUT2D eigenvalue weighted by atomic mass is 16.5. The van der Waals surface area contributed by atoms with E-state index in [2.05, 4.69) is 9.97 Å². The summed E-state index contributed by atoms with van der Waals surface area (Å²) < 4.78 is 5.29. The highest BCUT2D eigenvalue weighted by molar-refractivity contribution is 5.70. The Morgan fingerprint density at radius 1 is 1.60 bits per heavy atom. The van der Waals surface area contributed by atoms with E-state index in [1.807, 2.05) is 13.8 Å². The fraction of sp³-hybridized carbons (Fsp3) is 0.500. The zero-order valence-electron chi connectivity index (χ0n) is 9.02. The quantitative estimate of drug-likeness (QED) is 0.808. The van der Waals surface area contributed by atoms with E-state index in [0.29, 0.717) is 11.3 Å². The van der Waals surface area contributed by atoms with Gasteiger partial charge in [0.2, 0.25) is 0 Å². The zero-order chi connectivity index (χ0) is 11.4. The Labute approximate surface area is 88.1 Å². The summed E-state index contributed by atoms with van der Waals surface area (Å²) in [6, 6.07) is 0.289. The minimum absolute atomic E-state index is 0.00900. The summed E-state index contributed by atoms with van der Waals surface area (Å²) in [6.45, 7) is 5.50. The number of aryl methyl sites for hydroxylation is 1. The second-order valence-corrected chi connectivity index (χ2v) is 3.50. The van der Waals surface area contributed by atoms with E-state index in [-0.39, 0.29) is 18.5 Å². The van der Waals surface area contributed by atoms with Gasteiger partial charge in [-0.05, 0) is 20.8 Å². The molecule has 0 radical (unpaired) electrons. The van der Waals surface area contributed by atoms with E-state index in [1.165, 1.54) is 6.20 Å². The molecule has 0 spiro atoms. The molecule has 0 aromatic carbocycles. The van der Waals surface area contributed by atoms with Gasteiger partial charge in [-0.2, -0.15) is 0 Å². The van der Waals surface area contributed by atoms with Gasteiger partial charge in [-0.3, -0.25) is 4.79 Å². The lowest BCUT2D eigenvalue weighted by atomic mass is 10.2. The molecule has 0 bridgehead atoms. The van der Waals surface area contributed by atoms with E-state index in [4.69, 9.17) is 9.84 Å². The van der Waals surface area contributed by atoms with Crippen LogP contribution in [0.5, 0.6) is 6.01 Å². The second kappa shape index (κ2) is 4.72. The summed E-state index contributed by atoms with van der Waals surface area (Å²) in [4.78, 5) is 18.5. The Morgan fingerprint density at radius 3 is 2.73 bits per heavy atom. The monoisotopic (exact) mass is 210 g/mol. The summed E-state index contributed by atoms with van der Waals surface area (Å²) in [5.74, 6) is -0.890. The summed E-state index contributed by atoms with van der Waals surface area (Å²) >= 11 is 0. The van der Waals surface area contributed by atoms with Gasteiger partial charge in [0.15, 0.2) is 0 Å². The van der Waals surface area contributed by atoms with Gasteiger partial charge in [-0.1, -0.05) is 0 Å². The molecule has 1 N–H and O–H groups in total. The number of nitrogens with zero attached hydrogens (tertiary/aromatic N) is 2. The lowest BCUT2D eigenvalue weighted by Gasteiger charge is -2.09. The van der Waals surface area contributed by atoms with Crippen molar-refractivity contribution in [1.29, 1.82) is 0 Å². The van der Waals surface area contributed by atoms with Crippen molar-refractivity contribution in [3.05, 3.63) is 17.5 Å². The predicted octanol–water partition coefficient (Wildman–Crippen LogP) is 1.20. The molecule has 0 aliphatic heterocycles. The zero-order valence-corrected chi connectivity index (χ0v) is 9.02. The third-order valence-electron chi connectivity index (χ3n) is 1.74. The summed E-state index contributed by atoms with van der Waals surface area (Å²) in [5, 5.41) is 8.62. The number of carbonyl (C=O) groups is 1. The standard InChI is InChI=1S/C10H14N2O3/c1-6(2)15-10-11-5-8(4-9(13)14)7(3)12-10/h5-6H,4H2,1-3H3,(H,13,14). The van der Waals surface area contributed by atoms with Crippen molar-refractivity contribution in [3.8, 4) is 6.01 Å². The number of hydrogen-bond donors (Lipinski definition) is 1. The SMILES string of the molecule is Cc1nc(OC(C)C)ncc1CC(=O)O. The van der Waals surface area contributed by atoms with E-state index in [0.717, 1.165) is 0 Å². The molecule has 0 saturated heterocycles. The van der Waals surface area contributed by atoms with Crippen molar-refractivity contribution in [2.45, 2.75) is 33.3 Å². The van der Waals surface area contributed by atoms with Crippen molar-refractivity contribution < 1.29 is 14.6 Å². The normalized spacial score (nSPS) is 10.4. The Morgan fingerprint density at radius 2 is 2.27 bits per heavy atom. The molecular weight excluding hydrogens is 196 g/mol. The van der Waals surface area contributed by atoms with Crippen molar-refractivity contribution in [2.24, 2.45) is 0 Å². The van der Waals surface area contributed by atoms with E-state index < -0.39 is 5.97 Å². The summed E-state index contributed by atoms with van der Waals surface area (Å²) in [6.07, 6.45) is 1.44. The van der Waals surface area contributed by atoms with Crippen LogP contribution in [0.3, 0.4) is 0 Å². The topological polar surface area (TPSA) is 72.3 Å². The van der Waals surface area contributed by atoms with Crippen molar-refractivity contribution >= 4 is 5.97 Å². The molecule has 15 heavy (non-hydrogen) atoms. The van der Waals surface area contributed by atoms with Crippen LogP contribution in [0.2, 0.25) is 0 Å². The first-order chi connectivity index (χ1) is 6.99. The summed E-state index contributed by atoms with van der Waals surface area (Å²) in [5.41, 5.74) is 1.25. The van der Waals surface area contributed by atoms with E-state index >= 15 is 0 Å². The number of aromatic nitrogens is 2. The molecule has 1 rings (SSSR count). The first-order valence-corrected chi connectivity index (χ1v) is 4.70. The van der Waals surface area contributed by atoms with Crippen LogP contribution in [0.4, 0.5) is 0 Å². The van der Waals surface area contributed by atoms with Crippen molar-refractivity contribution in [3.63, 3.8) is 0 Å². The smallest absolute Gasteiger partial charge is 0.316 e. The number of carboxylic acid groups (broad SMARTS) is 1. The van der Waals surface area contributed by atoms with Gasteiger partial charge < -0.3 is 9.84 Å². The largest absolute Gasteiger partial charge is 0.481 e. The molecule has 0 fully saturated rings. The lowest BCUT2D eigenvalue weighted by molar-refractivity contribution is -0.136. The second-order valence-electron chi connectivity index (χ2n) is 3.50. The number of hydrogen-bond acceptors (Lipinski definition) is 4. The maximum absolute atomic E-state index is 10.5. The van der Waals surface area contributed by atoms with Crippen LogP contribution in [-0.4, -0.2) is 27.1 Å². The molecule has 1 aromatic rings. The van der Waals surface area contributed by atoms with Gasteiger partial charge in [0, 0.05) is 17.5 Å². The van der Waals surface area contributed by atoms with Crippen LogP contribution in [0.15, 0.2) is 6.20 Å². The van der Waals surface area contributed by atoms with E-state index in [9.17, 15) is 4.79 Å². The minimum Gasteiger partial charge on any atom is -0.481 e. The molecule has 0 aliphatic rings. The Kier molecular flexibility index (Phi) is 3.60. The highest BCUT2D eigenvalue weighted by Crippen LogP contribution is 2.10. The third-order valence-corrected chi connectivity index (χ3v) is 1.74. The van der Waals surface area contributed by atoms with Crippen LogP contribution >= 0.6 is 0 Å². The molecule has 0 atom stereocenters. The molecule has 5 heteroatoms. The minimum atomic E-state index is -0.890. The van der Waals surface area contributed by atoms with Crippen molar-refractivity contribution in [2.75, 3.05) is 0 Å². The molecular formula is C10H14N2O3. The van der Waals surface area contributed by atoms with Crippen LogP contribution in [0, 0.1) is 6.92 Å². The van der Waals surface area contributed by atoms with Crippen LogP contribution in [0.25, 0.3) is 0 Å². The van der Waals surface area contributed by atoms with Gasteiger partial charge in [0.1, 0.15) is 0 Å². The average Bonchev–Trinajstić information content (AvgIpc) is 2.08. The fourth-order valence-corrected chi connectivity index (χ4v) is 1.07. The summed E-state index contributed by atoms with van der Waals surface area (Å²) in [7, 11) is 0. The molecule has 1 aromatic heterocycles. The molecule has 0 aliphatic carbocycles. The molecule has 82 valence electrons. The van der Waals surface area contributed by atoms with Gasteiger partial charge in [-0.15, -0.1) is 0 Å². The van der Waals surface area contributed by atoms with Crippen LogP contribution < -0.4 is 4.74 Å². The Hall–Kier alpha value is -1.65. The van der Waals surface area contributed by atoms with E-state index in [1.54, 1.807) is 6.92 Å². The molecule has 5 nitrogen and oxygen atoms in total. The van der Waals surface area contributed by atoms with Gasteiger partial charge in [0.25, 0.3) is 0 Å². The van der Waals surface area contributed by atoms with Gasteiger partial charge >= 0.3 is 12.0 Å². The maximum atomic E-state index is 10.5. The highest BCUT2D eigenvalue weighted by Gasteiger charge is 2.08. The first kappa shape index (κ1) is 11.4. The third kappa shape index (κ3) is 3.53. The molecule has 0 unspecified atom stereocenters. The average molecular weight is 210 g/mol. The molecule has 0 amide bonds. The molecule has 1 heterocycles. The van der Waals surface area contributed by atoms with Gasteiger partial charge in [-0.25, -0.2) is 9.97 Å². The van der Waals surface area contributed by atoms with Crippen LogP contribution in [-0.2, 0) is 11.2 Å². The Balaban J connectivity index is 2.83. The predicted molar refractivity (Wildman–Crippen MR) is 53.9 cm³/mol. The molecule has 0 saturated carbocycles. The Bertz CT molecular complexity index is 364. The number of aliphatic carboxylic acids is 1. The lowest BCUT2D eigenvalue weighted by Crippen LogP contribution is -2.10. The number of ether oxygens (including phenoxy) is 1. The number of rotatable bonds is 4. The maximum Gasteiger partial charge on any atom is 0.316 e. The fourth-order valence-electron chi connectivity index (χ4n) is 1.07. The first-order valence-electron chi connectivity index (χ1n) is 4.70. The van der Waals surface area contributed by atoms with Gasteiger partial charge in [0.05, 0.1) is 12.5 Å². The number of carboxylic acids is 1. The van der Waals surface area contributed by atoms with Crippen molar-refractivity contribution in [1.82, 2.24) is 9.97 Å². The van der Waals surface area contributed by atoms with Crippen LogP contribution in [0.1, 0.15) is 25.1 Å².